The number of aromatic nitrogens is 2. The van der Waals surface area contributed by atoms with Gasteiger partial charge < -0.3 is 20.9 Å². The molecule has 0 saturated heterocycles. The third-order valence-corrected chi connectivity index (χ3v) is 7.55. The Balaban J connectivity index is 1.32. The minimum atomic E-state index is -4.57. The molecule has 7 nitrogen and oxygen atoms in total. The van der Waals surface area contributed by atoms with E-state index in [1.165, 1.54) is 6.92 Å². The number of nitrogens with one attached hydrogen (secondary N) is 4. The number of alkyl halides is 3. The molecule has 0 spiro atoms. The summed E-state index contributed by atoms with van der Waals surface area (Å²) in [6.45, 7) is 3.10. The molecule has 1 aliphatic carbocycles. The molecule has 1 unspecified atom stereocenters. The van der Waals surface area contributed by atoms with Crippen LogP contribution in [0.3, 0.4) is 0 Å². The number of carbonyl (C=O) groups is 2. The third-order valence-electron chi connectivity index (χ3n) is 7.55. The zero-order valence-corrected chi connectivity index (χ0v) is 22.4. The molecular formula is C30H32F3N5O2. The highest BCUT2D eigenvalue weighted by atomic mass is 19.4. The molecule has 2 aromatic heterocycles. The summed E-state index contributed by atoms with van der Waals surface area (Å²) in [5.41, 5.74) is 0.357. The molecule has 0 aliphatic heterocycles. The molecule has 210 valence electrons. The Hall–Kier alpha value is -4.08. The average molecular weight is 552 g/mol. The first kappa shape index (κ1) is 27.5. The largest absolute Gasteiger partial charge is 0.433 e. The first-order valence-corrected chi connectivity index (χ1v) is 13.4. The van der Waals surface area contributed by atoms with Crippen molar-refractivity contribution in [2.75, 3.05) is 5.32 Å². The highest BCUT2D eigenvalue weighted by Gasteiger charge is 2.37. The van der Waals surface area contributed by atoms with E-state index in [-0.39, 0.29) is 29.4 Å². The number of hydrogen-bond acceptors (Lipinski definition) is 4. The number of nitrogens with zero attached hydrogens (tertiary/aromatic N) is 1. The number of halogens is 3. The molecule has 40 heavy (non-hydrogen) atoms. The van der Waals surface area contributed by atoms with Crippen LogP contribution in [0.2, 0.25) is 0 Å². The van der Waals surface area contributed by atoms with E-state index in [4.69, 9.17) is 0 Å². The van der Waals surface area contributed by atoms with Crippen molar-refractivity contribution in [1.82, 2.24) is 20.6 Å². The summed E-state index contributed by atoms with van der Waals surface area (Å²) in [6.07, 6.45) is 0.389. The van der Waals surface area contributed by atoms with E-state index in [0.29, 0.717) is 23.9 Å². The third kappa shape index (κ3) is 5.90. The minimum absolute atomic E-state index is 0.147. The van der Waals surface area contributed by atoms with Crippen LogP contribution in [-0.2, 0) is 22.2 Å². The second kappa shape index (κ2) is 10.8. The van der Waals surface area contributed by atoms with Gasteiger partial charge in [-0.05, 0) is 56.4 Å². The zero-order chi connectivity index (χ0) is 28.5. The van der Waals surface area contributed by atoms with Crippen LogP contribution in [0.5, 0.6) is 0 Å². The summed E-state index contributed by atoms with van der Waals surface area (Å²) < 4.78 is 40.6. The van der Waals surface area contributed by atoms with E-state index < -0.39 is 17.4 Å². The SMILES string of the molecule is CC(=O)NC(C)(Cc1c[nH]c2ccccc12)C(=O)N[C@@H]1CCC[C@H](Nc2cc(C(F)(F)F)nc3ccccc23)C1. The van der Waals surface area contributed by atoms with Gasteiger partial charge in [0.1, 0.15) is 11.2 Å². The lowest BCUT2D eigenvalue weighted by molar-refractivity contribution is -0.141. The van der Waals surface area contributed by atoms with Crippen LogP contribution >= 0.6 is 0 Å². The van der Waals surface area contributed by atoms with Crippen LogP contribution in [0.25, 0.3) is 21.8 Å². The molecule has 4 aromatic rings. The quantitative estimate of drug-likeness (QED) is 0.236. The number of pyridine rings is 1. The lowest BCUT2D eigenvalue weighted by Crippen LogP contribution is -2.60. The predicted octanol–water partition coefficient (Wildman–Crippen LogP) is 5.71. The van der Waals surface area contributed by atoms with Crippen LogP contribution in [0.4, 0.5) is 18.9 Å². The lowest BCUT2D eigenvalue weighted by Gasteiger charge is -2.35. The van der Waals surface area contributed by atoms with Gasteiger partial charge in [0.15, 0.2) is 0 Å². The van der Waals surface area contributed by atoms with E-state index in [1.54, 1.807) is 31.2 Å². The number of H-pyrrole nitrogens is 1. The Morgan fingerprint density at radius 2 is 1.73 bits per heavy atom. The number of fused-ring (bicyclic) bond motifs is 2. The Kier molecular flexibility index (Phi) is 7.44. The van der Waals surface area contributed by atoms with Gasteiger partial charge in [0.25, 0.3) is 0 Å². The molecule has 5 rings (SSSR count). The van der Waals surface area contributed by atoms with Gasteiger partial charge in [-0.2, -0.15) is 13.2 Å². The monoisotopic (exact) mass is 551 g/mol. The average Bonchev–Trinajstić information content (AvgIpc) is 3.30. The van der Waals surface area contributed by atoms with Gasteiger partial charge in [0, 0.05) is 53.6 Å². The fourth-order valence-electron chi connectivity index (χ4n) is 5.69. The Labute approximate surface area is 229 Å². The van der Waals surface area contributed by atoms with Crippen LogP contribution in [0.1, 0.15) is 50.8 Å². The van der Waals surface area contributed by atoms with Gasteiger partial charge >= 0.3 is 6.18 Å². The molecule has 0 bridgehead atoms. The number of rotatable bonds is 7. The Bertz CT molecular complexity index is 1550. The second-order valence-electron chi connectivity index (χ2n) is 10.8. The molecule has 4 N–H and O–H groups in total. The van der Waals surface area contributed by atoms with E-state index in [0.717, 1.165) is 41.8 Å². The maximum absolute atomic E-state index is 13.6. The lowest BCUT2D eigenvalue weighted by atomic mass is 9.87. The minimum Gasteiger partial charge on any atom is -0.382 e. The summed E-state index contributed by atoms with van der Waals surface area (Å²) in [4.78, 5) is 32.8. The van der Waals surface area contributed by atoms with Crippen molar-refractivity contribution in [2.45, 2.75) is 69.8 Å². The summed E-state index contributed by atoms with van der Waals surface area (Å²) in [6, 6.07) is 15.2. The summed E-state index contributed by atoms with van der Waals surface area (Å²) in [7, 11) is 0. The summed E-state index contributed by atoms with van der Waals surface area (Å²) in [5.74, 6) is -0.613. The van der Waals surface area contributed by atoms with Crippen LogP contribution < -0.4 is 16.0 Å². The van der Waals surface area contributed by atoms with Gasteiger partial charge in [-0.15, -0.1) is 0 Å². The first-order valence-electron chi connectivity index (χ1n) is 13.4. The maximum Gasteiger partial charge on any atom is 0.433 e. The fourth-order valence-corrected chi connectivity index (χ4v) is 5.69. The summed E-state index contributed by atoms with van der Waals surface area (Å²) in [5, 5.41) is 10.9. The molecule has 3 atom stereocenters. The normalized spacial score (nSPS) is 19.2. The Morgan fingerprint density at radius 3 is 2.48 bits per heavy atom. The molecule has 1 fully saturated rings. The highest BCUT2D eigenvalue weighted by Crippen LogP contribution is 2.34. The van der Waals surface area contributed by atoms with Crippen molar-refractivity contribution in [3.05, 3.63) is 72.1 Å². The number of amides is 2. The molecule has 2 amide bonds. The van der Waals surface area contributed by atoms with Gasteiger partial charge in [0.2, 0.25) is 11.8 Å². The van der Waals surface area contributed by atoms with Gasteiger partial charge in [-0.25, -0.2) is 4.98 Å². The van der Waals surface area contributed by atoms with Gasteiger partial charge in [-0.3, -0.25) is 9.59 Å². The van der Waals surface area contributed by atoms with E-state index in [1.807, 2.05) is 30.5 Å². The number of aromatic amines is 1. The zero-order valence-electron chi connectivity index (χ0n) is 22.4. The fraction of sp³-hybridized carbons (Fsp3) is 0.367. The molecule has 10 heteroatoms. The van der Waals surface area contributed by atoms with Gasteiger partial charge in [0.05, 0.1) is 5.52 Å². The van der Waals surface area contributed by atoms with E-state index >= 15 is 0 Å². The second-order valence-corrected chi connectivity index (χ2v) is 10.8. The standard InChI is InChI=1S/C30H32F3N5O2/c1-18(39)38-29(2,16-19-17-34-24-12-5-3-10-22(19)24)28(40)36-21-9-7-8-20(14-21)35-26-15-27(30(31,32)33)37-25-13-6-4-11-23(25)26/h3-6,10-13,15,17,20-21,34H,7-9,14,16H2,1-2H3,(H,35,37)(H,36,40)(H,38,39)/t20-,21+,29?/m0/s1. The molecule has 1 aliphatic rings. The molecule has 1 saturated carbocycles. The van der Waals surface area contributed by atoms with Crippen LogP contribution in [0, 0.1) is 0 Å². The van der Waals surface area contributed by atoms with Crippen molar-refractivity contribution in [3.8, 4) is 0 Å². The number of para-hydroxylation sites is 2. The van der Waals surface area contributed by atoms with Crippen molar-refractivity contribution in [1.29, 1.82) is 0 Å². The molecule has 0 radical (unpaired) electrons. The molecular weight excluding hydrogens is 519 g/mol. The smallest absolute Gasteiger partial charge is 0.382 e. The van der Waals surface area contributed by atoms with Crippen molar-refractivity contribution in [2.24, 2.45) is 0 Å². The van der Waals surface area contributed by atoms with Crippen LogP contribution in [-0.4, -0.2) is 39.4 Å². The first-order chi connectivity index (χ1) is 19.0. The highest BCUT2D eigenvalue weighted by molar-refractivity contribution is 5.93. The van der Waals surface area contributed by atoms with Crippen molar-refractivity contribution >= 4 is 39.3 Å². The number of carbonyl (C=O) groups excluding carboxylic acids is 2. The van der Waals surface area contributed by atoms with Gasteiger partial charge in [-0.1, -0.05) is 36.4 Å². The molecule has 2 heterocycles. The Morgan fingerprint density at radius 1 is 1.02 bits per heavy atom. The number of anilines is 1. The number of benzene rings is 2. The van der Waals surface area contributed by atoms with Crippen molar-refractivity contribution < 1.29 is 22.8 Å². The van der Waals surface area contributed by atoms with E-state index in [2.05, 4.69) is 25.9 Å². The van der Waals surface area contributed by atoms with E-state index in [9.17, 15) is 22.8 Å². The molecule has 2 aromatic carbocycles. The number of hydrogen-bond donors (Lipinski definition) is 4. The van der Waals surface area contributed by atoms with Crippen LogP contribution in [0.15, 0.2) is 60.8 Å². The summed E-state index contributed by atoms with van der Waals surface area (Å²) >= 11 is 0. The predicted molar refractivity (Wildman–Crippen MR) is 149 cm³/mol. The maximum atomic E-state index is 13.6. The van der Waals surface area contributed by atoms with Crippen molar-refractivity contribution in [3.63, 3.8) is 0 Å². The topological polar surface area (TPSA) is 98.9 Å².